The first-order valence-corrected chi connectivity index (χ1v) is 8.80. The molecule has 27 heavy (non-hydrogen) atoms. The fourth-order valence-corrected chi connectivity index (χ4v) is 3.12. The average Bonchev–Trinajstić information content (AvgIpc) is 3.14. The number of hydrogen-bond acceptors (Lipinski definition) is 4. The second-order valence-corrected chi connectivity index (χ2v) is 6.64. The summed E-state index contributed by atoms with van der Waals surface area (Å²) in [4.78, 5) is 16.7. The lowest BCUT2D eigenvalue weighted by Crippen LogP contribution is -2.52. The van der Waals surface area contributed by atoms with Crippen LogP contribution in [0.2, 0.25) is 0 Å². The quantitative estimate of drug-likeness (QED) is 0.862. The van der Waals surface area contributed by atoms with Gasteiger partial charge in [-0.2, -0.15) is 13.2 Å². The van der Waals surface area contributed by atoms with Crippen LogP contribution in [0.15, 0.2) is 47.1 Å². The first-order valence-electron chi connectivity index (χ1n) is 8.80. The number of rotatable bonds is 5. The summed E-state index contributed by atoms with van der Waals surface area (Å²) in [6.45, 7) is 5.50. The van der Waals surface area contributed by atoms with E-state index in [0.29, 0.717) is 13.1 Å². The number of benzene rings is 1. The third-order valence-corrected chi connectivity index (χ3v) is 4.75. The zero-order chi connectivity index (χ0) is 19.4. The SMILES string of the molecule is C[C@H](C(=O)Nc1cccc(C(F)(F)F)c1)N1CCN(Cc2ccco2)CC1. The molecule has 8 heteroatoms. The molecule has 1 aromatic heterocycles. The van der Waals surface area contributed by atoms with Crippen LogP contribution in [0.3, 0.4) is 0 Å². The van der Waals surface area contributed by atoms with E-state index in [0.717, 1.165) is 37.5 Å². The second-order valence-electron chi connectivity index (χ2n) is 6.64. The Labute approximate surface area is 155 Å². The molecule has 1 saturated heterocycles. The van der Waals surface area contributed by atoms with Crippen molar-refractivity contribution >= 4 is 11.6 Å². The summed E-state index contributed by atoms with van der Waals surface area (Å²) < 4.78 is 43.7. The van der Waals surface area contributed by atoms with Gasteiger partial charge in [0.25, 0.3) is 0 Å². The maximum Gasteiger partial charge on any atom is 0.416 e. The van der Waals surface area contributed by atoms with Gasteiger partial charge in [0.2, 0.25) is 5.91 Å². The van der Waals surface area contributed by atoms with Crippen molar-refractivity contribution in [3.8, 4) is 0 Å². The van der Waals surface area contributed by atoms with E-state index in [1.807, 2.05) is 17.0 Å². The Bertz CT molecular complexity index is 754. The van der Waals surface area contributed by atoms with Gasteiger partial charge < -0.3 is 9.73 Å². The molecule has 1 aliphatic rings. The van der Waals surface area contributed by atoms with Crippen LogP contribution in [0, 0.1) is 0 Å². The lowest BCUT2D eigenvalue weighted by molar-refractivity contribution is -0.137. The first-order chi connectivity index (χ1) is 12.8. The number of piperazine rings is 1. The van der Waals surface area contributed by atoms with E-state index in [2.05, 4.69) is 10.2 Å². The van der Waals surface area contributed by atoms with Gasteiger partial charge in [-0.25, -0.2) is 0 Å². The Morgan fingerprint density at radius 2 is 1.93 bits per heavy atom. The van der Waals surface area contributed by atoms with Crippen molar-refractivity contribution in [3.05, 3.63) is 54.0 Å². The minimum atomic E-state index is -4.43. The molecule has 0 bridgehead atoms. The van der Waals surface area contributed by atoms with Crippen molar-refractivity contribution in [2.75, 3.05) is 31.5 Å². The molecule has 1 fully saturated rings. The van der Waals surface area contributed by atoms with E-state index in [-0.39, 0.29) is 11.6 Å². The molecule has 5 nitrogen and oxygen atoms in total. The molecule has 0 unspecified atom stereocenters. The van der Waals surface area contributed by atoms with Gasteiger partial charge >= 0.3 is 6.18 Å². The molecule has 1 aliphatic heterocycles. The van der Waals surface area contributed by atoms with E-state index in [4.69, 9.17) is 4.42 Å². The molecule has 2 aromatic rings. The lowest BCUT2D eigenvalue weighted by Gasteiger charge is -2.37. The largest absolute Gasteiger partial charge is 0.468 e. The number of halogens is 3. The van der Waals surface area contributed by atoms with Gasteiger partial charge in [0.15, 0.2) is 0 Å². The van der Waals surface area contributed by atoms with Gasteiger partial charge in [-0.05, 0) is 37.3 Å². The number of carbonyl (C=O) groups is 1. The molecule has 3 rings (SSSR count). The third kappa shape index (κ3) is 5.11. The highest BCUT2D eigenvalue weighted by Crippen LogP contribution is 2.30. The summed E-state index contributed by atoms with van der Waals surface area (Å²) in [6.07, 6.45) is -2.79. The number of carbonyl (C=O) groups excluding carboxylic acids is 1. The Morgan fingerprint density at radius 1 is 1.19 bits per heavy atom. The van der Waals surface area contributed by atoms with Crippen LogP contribution in [-0.4, -0.2) is 47.9 Å². The number of amides is 1. The summed E-state index contributed by atoms with van der Waals surface area (Å²) in [5.74, 6) is 0.590. The van der Waals surface area contributed by atoms with Crippen molar-refractivity contribution in [2.45, 2.75) is 25.7 Å². The first kappa shape index (κ1) is 19.4. The summed E-state index contributed by atoms with van der Waals surface area (Å²) in [7, 11) is 0. The molecular formula is C19H22F3N3O2. The van der Waals surface area contributed by atoms with Gasteiger partial charge in [-0.3, -0.25) is 14.6 Å². The minimum Gasteiger partial charge on any atom is -0.468 e. The van der Waals surface area contributed by atoms with Crippen molar-refractivity contribution in [2.24, 2.45) is 0 Å². The van der Waals surface area contributed by atoms with E-state index < -0.39 is 17.8 Å². The Morgan fingerprint density at radius 3 is 2.56 bits per heavy atom. The van der Waals surface area contributed by atoms with Gasteiger partial charge in [0.1, 0.15) is 5.76 Å². The number of nitrogens with zero attached hydrogens (tertiary/aromatic N) is 2. The topological polar surface area (TPSA) is 48.7 Å². The summed E-state index contributed by atoms with van der Waals surface area (Å²) in [5.41, 5.74) is -0.627. The predicted octanol–water partition coefficient (Wildman–Crippen LogP) is 3.44. The summed E-state index contributed by atoms with van der Waals surface area (Å²) in [6, 6.07) is 8.04. The smallest absolute Gasteiger partial charge is 0.416 e. The average molecular weight is 381 g/mol. The molecule has 1 N–H and O–H groups in total. The molecule has 0 saturated carbocycles. The molecule has 2 heterocycles. The van der Waals surface area contributed by atoms with Gasteiger partial charge in [0, 0.05) is 31.9 Å². The maximum atomic E-state index is 12.8. The fourth-order valence-electron chi connectivity index (χ4n) is 3.12. The van der Waals surface area contributed by atoms with Crippen LogP contribution in [0.1, 0.15) is 18.2 Å². The van der Waals surface area contributed by atoms with Crippen molar-refractivity contribution < 1.29 is 22.4 Å². The molecule has 1 aromatic carbocycles. The molecule has 146 valence electrons. The van der Waals surface area contributed by atoms with E-state index in [1.165, 1.54) is 12.1 Å². The van der Waals surface area contributed by atoms with Crippen LogP contribution in [0.4, 0.5) is 18.9 Å². The minimum absolute atomic E-state index is 0.151. The van der Waals surface area contributed by atoms with Crippen molar-refractivity contribution in [3.63, 3.8) is 0 Å². The lowest BCUT2D eigenvalue weighted by atomic mass is 10.1. The Hall–Kier alpha value is -2.32. The van der Waals surface area contributed by atoms with Gasteiger partial charge in [0.05, 0.1) is 24.4 Å². The summed E-state index contributed by atoms with van der Waals surface area (Å²) >= 11 is 0. The number of furan rings is 1. The van der Waals surface area contributed by atoms with Crippen LogP contribution < -0.4 is 5.32 Å². The van der Waals surface area contributed by atoms with E-state index in [1.54, 1.807) is 13.2 Å². The zero-order valence-electron chi connectivity index (χ0n) is 15.0. The predicted molar refractivity (Wildman–Crippen MR) is 95.1 cm³/mol. The van der Waals surface area contributed by atoms with Crippen LogP contribution in [0.25, 0.3) is 0 Å². The number of alkyl halides is 3. The maximum absolute atomic E-state index is 12.8. The molecule has 0 spiro atoms. The highest BCUT2D eigenvalue weighted by atomic mass is 19.4. The molecule has 0 radical (unpaired) electrons. The second kappa shape index (κ2) is 8.14. The third-order valence-electron chi connectivity index (χ3n) is 4.75. The van der Waals surface area contributed by atoms with Crippen molar-refractivity contribution in [1.82, 2.24) is 9.80 Å². The molecule has 0 aliphatic carbocycles. The monoisotopic (exact) mass is 381 g/mol. The van der Waals surface area contributed by atoms with Crippen LogP contribution in [-0.2, 0) is 17.5 Å². The van der Waals surface area contributed by atoms with Crippen LogP contribution >= 0.6 is 0 Å². The standard InChI is InChI=1S/C19H22F3N3O2/c1-14(18(26)23-16-5-2-4-15(12-16)19(20,21)22)25-9-7-24(8-10-25)13-17-6-3-11-27-17/h2-6,11-12,14H,7-10,13H2,1H3,(H,23,26)/t14-/m1/s1. The zero-order valence-corrected chi connectivity index (χ0v) is 15.0. The molecular weight excluding hydrogens is 359 g/mol. The molecule has 1 amide bonds. The van der Waals surface area contributed by atoms with E-state index >= 15 is 0 Å². The number of nitrogens with one attached hydrogen (secondary N) is 1. The summed E-state index contributed by atoms with van der Waals surface area (Å²) in [5, 5.41) is 2.59. The Kier molecular flexibility index (Phi) is 5.86. The van der Waals surface area contributed by atoms with Crippen LogP contribution in [0.5, 0.6) is 0 Å². The van der Waals surface area contributed by atoms with E-state index in [9.17, 15) is 18.0 Å². The normalized spacial score (nSPS) is 17.6. The Balaban J connectivity index is 1.52. The highest BCUT2D eigenvalue weighted by molar-refractivity contribution is 5.94. The van der Waals surface area contributed by atoms with Gasteiger partial charge in [-0.1, -0.05) is 6.07 Å². The fraction of sp³-hybridized carbons (Fsp3) is 0.421. The van der Waals surface area contributed by atoms with Gasteiger partial charge in [-0.15, -0.1) is 0 Å². The molecule has 1 atom stereocenters. The van der Waals surface area contributed by atoms with Crippen molar-refractivity contribution in [1.29, 1.82) is 0 Å². The highest BCUT2D eigenvalue weighted by Gasteiger charge is 2.31. The number of hydrogen-bond donors (Lipinski definition) is 1. The number of anilines is 1.